The number of carbonyl (C=O) groups is 1. The van der Waals surface area contributed by atoms with Crippen molar-refractivity contribution in [2.24, 2.45) is 0 Å². The molecule has 6 heteroatoms. The van der Waals surface area contributed by atoms with Gasteiger partial charge in [-0.05, 0) is 24.3 Å². The van der Waals surface area contributed by atoms with Crippen molar-refractivity contribution >= 4 is 17.2 Å². The molecular weight excluding hydrogens is 298 g/mol. The number of ether oxygens (including phenoxy) is 1. The highest BCUT2D eigenvalue weighted by atomic mass is 32.1. The summed E-state index contributed by atoms with van der Waals surface area (Å²) in [5.74, 6) is 0.190. The summed E-state index contributed by atoms with van der Waals surface area (Å²) in [5, 5.41) is 2.01. The number of hydrogen-bond donors (Lipinski definition) is 0. The fourth-order valence-electron chi connectivity index (χ4n) is 2.66. The molecule has 1 atom stereocenters. The molecule has 0 radical (unpaired) electrons. The number of hydrogen-bond acceptors (Lipinski definition) is 5. The van der Waals surface area contributed by atoms with Crippen LogP contribution >= 0.6 is 11.3 Å². The minimum atomic E-state index is 0.128. The first-order chi connectivity index (χ1) is 10.8. The number of carbonyl (C=O) groups excluding carboxylic acids is 1. The summed E-state index contributed by atoms with van der Waals surface area (Å²) in [6, 6.07) is 4.12. The molecule has 2 aromatic rings. The van der Waals surface area contributed by atoms with Crippen LogP contribution in [-0.2, 0) is 22.4 Å². The van der Waals surface area contributed by atoms with Gasteiger partial charge in [0.2, 0.25) is 5.91 Å². The van der Waals surface area contributed by atoms with Crippen LogP contribution in [0.2, 0.25) is 0 Å². The fraction of sp³-hybridized carbons (Fsp3) is 0.438. The number of aryl methyl sites for hydroxylation is 1. The highest BCUT2D eigenvalue weighted by molar-refractivity contribution is 7.10. The molecule has 22 heavy (non-hydrogen) atoms. The lowest BCUT2D eigenvalue weighted by molar-refractivity contribution is -0.139. The largest absolute Gasteiger partial charge is 0.377 e. The van der Waals surface area contributed by atoms with Gasteiger partial charge in [-0.1, -0.05) is 6.07 Å². The van der Waals surface area contributed by atoms with Crippen LogP contribution in [0.4, 0.5) is 0 Å². The second-order valence-electron chi connectivity index (χ2n) is 5.31. The SMILES string of the molecule is O=C(Cc1cccs1)N1CCOC[C@H]1CCc1cnccn1. The molecule has 0 saturated carbocycles. The molecule has 0 aromatic carbocycles. The van der Waals surface area contributed by atoms with Crippen LogP contribution in [0.3, 0.4) is 0 Å². The highest BCUT2D eigenvalue weighted by Gasteiger charge is 2.27. The van der Waals surface area contributed by atoms with E-state index in [9.17, 15) is 4.79 Å². The van der Waals surface area contributed by atoms with E-state index < -0.39 is 0 Å². The van der Waals surface area contributed by atoms with Crippen LogP contribution in [0.5, 0.6) is 0 Å². The normalized spacial score (nSPS) is 18.4. The van der Waals surface area contributed by atoms with E-state index in [1.807, 2.05) is 22.4 Å². The van der Waals surface area contributed by atoms with Crippen molar-refractivity contribution in [1.29, 1.82) is 0 Å². The Morgan fingerprint density at radius 3 is 3.18 bits per heavy atom. The Morgan fingerprint density at radius 2 is 2.41 bits per heavy atom. The number of amides is 1. The molecule has 1 aliphatic rings. The minimum Gasteiger partial charge on any atom is -0.377 e. The van der Waals surface area contributed by atoms with E-state index in [1.165, 1.54) is 0 Å². The van der Waals surface area contributed by atoms with Crippen molar-refractivity contribution < 1.29 is 9.53 Å². The Bertz CT molecular complexity index is 589. The molecule has 1 saturated heterocycles. The van der Waals surface area contributed by atoms with Crippen LogP contribution in [-0.4, -0.2) is 46.6 Å². The van der Waals surface area contributed by atoms with E-state index in [0.29, 0.717) is 26.2 Å². The average Bonchev–Trinajstić information content (AvgIpc) is 3.07. The molecule has 0 unspecified atom stereocenters. The van der Waals surface area contributed by atoms with Crippen molar-refractivity contribution in [2.45, 2.75) is 25.3 Å². The molecule has 1 fully saturated rings. The van der Waals surface area contributed by atoms with Crippen molar-refractivity contribution in [3.63, 3.8) is 0 Å². The quantitative estimate of drug-likeness (QED) is 0.846. The Labute approximate surface area is 134 Å². The second-order valence-corrected chi connectivity index (χ2v) is 6.34. The van der Waals surface area contributed by atoms with Crippen molar-refractivity contribution in [1.82, 2.24) is 14.9 Å². The zero-order chi connectivity index (χ0) is 15.2. The van der Waals surface area contributed by atoms with Gasteiger partial charge in [-0.25, -0.2) is 0 Å². The summed E-state index contributed by atoms with van der Waals surface area (Å²) in [5.41, 5.74) is 0.957. The number of morpholine rings is 1. The smallest absolute Gasteiger partial charge is 0.228 e. The molecule has 1 aliphatic heterocycles. The third-order valence-electron chi connectivity index (χ3n) is 3.80. The van der Waals surface area contributed by atoms with Gasteiger partial charge in [-0.3, -0.25) is 14.8 Å². The Kier molecular flexibility index (Phi) is 5.13. The van der Waals surface area contributed by atoms with E-state index in [2.05, 4.69) is 9.97 Å². The number of nitrogens with zero attached hydrogens (tertiary/aromatic N) is 3. The predicted molar refractivity (Wildman–Crippen MR) is 84.7 cm³/mol. The van der Waals surface area contributed by atoms with Crippen LogP contribution in [0.15, 0.2) is 36.1 Å². The first kappa shape index (κ1) is 15.1. The van der Waals surface area contributed by atoms with Gasteiger partial charge in [0.05, 0.1) is 31.4 Å². The van der Waals surface area contributed by atoms with Crippen molar-refractivity contribution in [3.8, 4) is 0 Å². The predicted octanol–water partition coefficient (Wildman–Crippen LogP) is 1.94. The fourth-order valence-corrected chi connectivity index (χ4v) is 3.36. The number of rotatable bonds is 5. The maximum atomic E-state index is 12.5. The molecule has 116 valence electrons. The van der Waals surface area contributed by atoms with Gasteiger partial charge in [0.1, 0.15) is 0 Å². The van der Waals surface area contributed by atoms with E-state index in [-0.39, 0.29) is 11.9 Å². The lowest BCUT2D eigenvalue weighted by Gasteiger charge is -2.35. The summed E-state index contributed by atoms with van der Waals surface area (Å²) < 4.78 is 5.56. The molecule has 1 amide bonds. The van der Waals surface area contributed by atoms with Gasteiger partial charge < -0.3 is 9.64 Å². The van der Waals surface area contributed by atoms with Gasteiger partial charge >= 0.3 is 0 Å². The minimum absolute atomic E-state index is 0.128. The van der Waals surface area contributed by atoms with Crippen molar-refractivity contribution in [2.75, 3.05) is 19.8 Å². The van der Waals surface area contributed by atoms with Crippen LogP contribution in [0.1, 0.15) is 17.0 Å². The molecule has 0 aliphatic carbocycles. The summed E-state index contributed by atoms with van der Waals surface area (Å²) in [7, 11) is 0. The summed E-state index contributed by atoms with van der Waals surface area (Å²) in [6.45, 7) is 1.91. The summed E-state index contributed by atoms with van der Waals surface area (Å²) in [6.07, 6.45) is 7.30. The average molecular weight is 317 g/mol. The second kappa shape index (κ2) is 7.47. The maximum absolute atomic E-state index is 12.5. The number of thiophene rings is 1. The van der Waals surface area contributed by atoms with Crippen LogP contribution < -0.4 is 0 Å². The number of aromatic nitrogens is 2. The molecule has 0 spiro atoms. The zero-order valence-electron chi connectivity index (χ0n) is 12.4. The molecule has 5 nitrogen and oxygen atoms in total. The highest BCUT2D eigenvalue weighted by Crippen LogP contribution is 2.17. The third kappa shape index (κ3) is 3.90. The van der Waals surface area contributed by atoms with Crippen molar-refractivity contribution in [3.05, 3.63) is 46.7 Å². The molecule has 3 rings (SSSR count). The monoisotopic (exact) mass is 317 g/mol. The summed E-state index contributed by atoms with van der Waals surface area (Å²) >= 11 is 1.63. The van der Waals surface area contributed by atoms with E-state index in [0.717, 1.165) is 23.4 Å². The summed E-state index contributed by atoms with van der Waals surface area (Å²) in [4.78, 5) is 24.0. The Morgan fingerprint density at radius 1 is 1.45 bits per heavy atom. The van der Waals surface area contributed by atoms with Gasteiger partial charge in [0.25, 0.3) is 0 Å². The Hall–Kier alpha value is -1.79. The van der Waals surface area contributed by atoms with E-state index in [4.69, 9.17) is 4.74 Å². The maximum Gasteiger partial charge on any atom is 0.228 e. The van der Waals surface area contributed by atoms with Crippen LogP contribution in [0, 0.1) is 0 Å². The molecule has 0 N–H and O–H groups in total. The topological polar surface area (TPSA) is 55.3 Å². The molecular formula is C16H19N3O2S. The van der Waals surface area contributed by atoms with Gasteiger partial charge in [-0.2, -0.15) is 0 Å². The first-order valence-electron chi connectivity index (χ1n) is 7.47. The van der Waals surface area contributed by atoms with Gasteiger partial charge in [-0.15, -0.1) is 11.3 Å². The van der Waals surface area contributed by atoms with Crippen LogP contribution in [0.25, 0.3) is 0 Å². The lowest BCUT2D eigenvalue weighted by Crippen LogP contribution is -2.49. The lowest BCUT2D eigenvalue weighted by atomic mass is 10.1. The molecule has 0 bridgehead atoms. The third-order valence-corrected chi connectivity index (χ3v) is 4.68. The standard InChI is InChI=1S/C16H19N3O2S/c20-16(10-15-2-1-9-22-15)19-7-8-21-12-14(19)4-3-13-11-17-5-6-18-13/h1-2,5-6,9,11,14H,3-4,7-8,10,12H2/t14-/m1/s1. The van der Waals surface area contributed by atoms with Gasteiger partial charge in [0.15, 0.2) is 0 Å². The van der Waals surface area contributed by atoms with E-state index >= 15 is 0 Å². The molecule has 2 aromatic heterocycles. The zero-order valence-corrected chi connectivity index (χ0v) is 13.2. The molecule has 3 heterocycles. The van der Waals surface area contributed by atoms with E-state index in [1.54, 1.807) is 29.9 Å². The van der Waals surface area contributed by atoms with Gasteiger partial charge in [0, 0.05) is 30.0 Å². The Balaban J connectivity index is 1.59. The first-order valence-corrected chi connectivity index (χ1v) is 8.35.